The monoisotopic (exact) mass is 485 g/mol. The summed E-state index contributed by atoms with van der Waals surface area (Å²) in [6, 6.07) is 23.0. The lowest BCUT2D eigenvalue weighted by atomic mass is 10.2. The van der Waals surface area contributed by atoms with Crippen LogP contribution < -0.4 is 15.5 Å². The molecule has 28 heavy (non-hydrogen) atoms. The lowest BCUT2D eigenvalue weighted by molar-refractivity contribution is -0.119. The van der Waals surface area contributed by atoms with E-state index in [9.17, 15) is 4.79 Å². The summed E-state index contributed by atoms with van der Waals surface area (Å²) in [7, 11) is 0. The minimum atomic E-state index is -0.218. The molecule has 0 radical (unpaired) electrons. The molecule has 1 amide bonds. The Bertz CT molecular complexity index is 975. The summed E-state index contributed by atoms with van der Waals surface area (Å²) in [4.78, 5) is 12.0. The highest BCUT2D eigenvalue weighted by Crippen LogP contribution is 2.21. The number of hydrogen-bond acceptors (Lipinski definition) is 4. The summed E-state index contributed by atoms with van der Waals surface area (Å²) >= 11 is 2.28. The van der Waals surface area contributed by atoms with Crippen LogP contribution in [0, 0.1) is 10.5 Å². The summed E-state index contributed by atoms with van der Waals surface area (Å²) in [5.74, 6) is 1.25. The standard InChI is InChI=1S/C22H20IN3O2/c1-16-12-18(10-11-21(16)23)24-15-22(27)26-25-14-17-6-5-9-20(13-17)28-19-7-3-2-4-8-19/h2-14,24H,15H2,1H3,(H,26,27)/b25-14-. The molecule has 142 valence electrons. The number of rotatable bonds is 7. The first-order valence-corrected chi connectivity index (χ1v) is 9.83. The Morgan fingerprint density at radius 1 is 1.04 bits per heavy atom. The number of nitrogens with one attached hydrogen (secondary N) is 2. The van der Waals surface area contributed by atoms with E-state index in [4.69, 9.17) is 4.74 Å². The van der Waals surface area contributed by atoms with Crippen molar-refractivity contribution in [1.82, 2.24) is 5.43 Å². The van der Waals surface area contributed by atoms with Crippen LogP contribution in [0.15, 0.2) is 77.9 Å². The van der Waals surface area contributed by atoms with Crippen molar-refractivity contribution in [2.75, 3.05) is 11.9 Å². The van der Waals surface area contributed by atoms with Crippen LogP contribution in [0.4, 0.5) is 5.69 Å². The largest absolute Gasteiger partial charge is 0.457 e. The van der Waals surface area contributed by atoms with Crippen LogP contribution in [-0.2, 0) is 4.79 Å². The Labute approximate surface area is 178 Å². The smallest absolute Gasteiger partial charge is 0.259 e. The molecule has 5 nitrogen and oxygen atoms in total. The molecule has 0 atom stereocenters. The highest BCUT2D eigenvalue weighted by molar-refractivity contribution is 14.1. The fourth-order valence-electron chi connectivity index (χ4n) is 2.44. The Morgan fingerprint density at radius 3 is 2.61 bits per heavy atom. The van der Waals surface area contributed by atoms with Crippen molar-refractivity contribution in [1.29, 1.82) is 0 Å². The van der Waals surface area contributed by atoms with E-state index < -0.39 is 0 Å². The van der Waals surface area contributed by atoms with Gasteiger partial charge in [-0.15, -0.1) is 0 Å². The third kappa shape index (κ3) is 6.09. The molecular formula is C22H20IN3O2. The fourth-order valence-corrected chi connectivity index (χ4v) is 2.77. The van der Waals surface area contributed by atoms with Crippen molar-refractivity contribution in [2.45, 2.75) is 6.92 Å². The molecule has 0 aliphatic heterocycles. The van der Waals surface area contributed by atoms with Crippen molar-refractivity contribution < 1.29 is 9.53 Å². The van der Waals surface area contributed by atoms with Crippen LogP contribution in [0.2, 0.25) is 0 Å². The molecule has 0 fully saturated rings. The first kappa shape index (κ1) is 19.9. The van der Waals surface area contributed by atoms with E-state index in [2.05, 4.69) is 38.4 Å². The first-order valence-electron chi connectivity index (χ1n) is 8.75. The van der Waals surface area contributed by atoms with Gasteiger partial charge in [0.25, 0.3) is 5.91 Å². The average Bonchev–Trinajstić information content (AvgIpc) is 2.70. The van der Waals surface area contributed by atoms with Crippen LogP contribution in [0.3, 0.4) is 0 Å². The van der Waals surface area contributed by atoms with Crippen LogP contribution in [0.5, 0.6) is 11.5 Å². The molecule has 0 unspecified atom stereocenters. The minimum absolute atomic E-state index is 0.147. The van der Waals surface area contributed by atoms with Crippen LogP contribution >= 0.6 is 22.6 Å². The molecule has 3 aromatic carbocycles. The Hall–Kier alpha value is -2.87. The Morgan fingerprint density at radius 2 is 1.82 bits per heavy atom. The molecule has 0 aromatic heterocycles. The summed E-state index contributed by atoms with van der Waals surface area (Å²) in [5, 5.41) is 7.10. The second-order valence-corrected chi connectivity index (χ2v) is 7.26. The van der Waals surface area contributed by atoms with Gasteiger partial charge in [-0.05, 0) is 83.1 Å². The number of amides is 1. The topological polar surface area (TPSA) is 62.7 Å². The number of benzene rings is 3. The second-order valence-electron chi connectivity index (χ2n) is 6.10. The highest BCUT2D eigenvalue weighted by Gasteiger charge is 2.02. The van der Waals surface area contributed by atoms with E-state index in [1.165, 1.54) is 9.13 Å². The lowest BCUT2D eigenvalue weighted by Crippen LogP contribution is -2.25. The molecule has 0 bridgehead atoms. The van der Waals surface area contributed by atoms with E-state index in [0.717, 1.165) is 17.0 Å². The predicted octanol–water partition coefficient (Wildman–Crippen LogP) is 4.95. The van der Waals surface area contributed by atoms with Gasteiger partial charge in [0.05, 0.1) is 12.8 Å². The number of hydrogen-bond donors (Lipinski definition) is 2. The van der Waals surface area contributed by atoms with Gasteiger partial charge in [-0.25, -0.2) is 5.43 Å². The van der Waals surface area contributed by atoms with E-state index in [1.807, 2.05) is 79.7 Å². The van der Waals surface area contributed by atoms with Crippen molar-refractivity contribution in [3.05, 3.63) is 87.5 Å². The number of carbonyl (C=O) groups is 1. The predicted molar refractivity (Wildman–Crippen MR) is 121 cm³/mol. The molecular weight excluding hydrogens is 465 g/mol. The van der Waals surface area contributed by atoms with Crippen LogP contribution in [-0.4, -0.2) is 18.7 Å². The van der Waals surface area contributed by atoms with Gasteiger partial charge in [-0.1, -0.05) is 30.3 Å². The number of halogens is 1. The lowest BCUT2D eigenvalue weighted by Gasteiger charge is -2.07. The van der Waals surface area contributed by atoms with Crippen molar-refractivity contribution in [3.63, 3.8) is 0 Å². The van der Waals surface area contributed by atoms with Gasteiger partial charge >= 0.3 is 0 Å². The summed E-state index contributed by atoms with van der Waals surface area (Å²) in [5.41, 5.74) is 5.42. The number of ether oxygens (including phenoxy) is 1. The molecule has 0 saturated heterocycles. The van der Waals surface area contributed by atoms with Crippen molar-refractivity contribution in [2.24, 2.45) is 5.10 Å². The van der Waals surface area contributed by atoms with E-state index >= 15 is 0 Å². The number of anilines is 1. The maximum absolute atomic E-state index is 12.0. The zero-order valence-electron chi connectivity index (χ0n) is 15.4. The molecule has 6 heteroatoms. The molecule has 0 aliphatic rings. The summed E-state index contributed by atoms with van der Waals surface area (Å²) < 4.78 is 6.98. The van der Waals surface area contributed by atoms with Crippen molar-refractivity contribution in [3.8, 4) is 11.5 Å². The molecule has 2 N–H and O–H groups in total. The number of para-hydroxylation sites is 1. The zero-order chi connectivity index (χ0) is 19.8. The third-order valence-corrected chi connectivity index (χ3v) is 5.06. The fraction of sp³-hybridized carbons (Fsp3) is 0.0909. The van der Waals surface area contributed by atoms with Gasteiger partial charge in [-0.3, -0.25) is 4.79 Å². The highest BCUT2D eigenvalue weighted by atomic mass is 127. The molecule has 3 aromatic rings. The van der Waals surface area contributed by atoms with E-state index in [-0.39, 0.29) is 12.5 Å². The van der Waals surface area contributed by atoms with Gasteiger partial charge in [0.2, 0.25) is 0 Å². The van der Waals surface area contributed by atoms with Crippen molar-refractivity contribution >= 4 is 40.4 Å². The number of hydrazone groups is 1. The maximum Gasteiger partial charge on any atom is 0.259 e. The minimum Gasteiger partial charge on any atom is -0.457 e. The SMILES string of the molecule is Cc1cc(NCC(=O)N/N=C\c2cccc(Oc3ccccc3)c2)ccc1I. The summed E-state index contributed by atoms with van der Waals surface area (Å²) in [6.07, 6.45) is 1.59. The molecule has 3 rings (SSSR count). The molecule has 0 heterocycles. The van der Waals surface area contributed by atoms with Crippen LogP contribution in [0.25, 0.3) is 0 Å². The quantitative estimate of drug-likeness (QED) is 0.283. The first-order chi connectivity index (χ1) is 13.6. The number of nitrogens with zero attached hydrogens (tertiary/aromatic N) is 1. The third-order valence-electron chi connectivity index (χ3n) is 3.85. The molecule has 0 aliphatic carbocycles. The molecule has 0 saturated carbocycles. The Balaban J connectivity index is 1.50. The average molecular weight is 485 g/mol. The Kier molecular flexibility index (Phi) is 7.02. The van der Waals surface area contributed by atoms with Gasteiger partial charge in [0.1, 0.15) is 11.5 Å². The van der Waals surface area contributed by atoms with Gasteiger partial charge in [-0.2, -0.15) is 5.10 Å². The van der Waals surface area contributed by atoms with E-state index in [1.54, 1.807) is 6.21 Å². The maximum atomic E-state index is 12.0. The van der Waals surface area contributed by atoms with Gasteiger partial charge < -0.3 is 10.1 Å². The number of aryl methyl sites for hydroxylation is 1. The molecule has 0 spiro atoms. The zero-order valence-corrected chi connectivity index (χ0v) is 17.5. The van der Waals surface area contributed by atoms with Gasteiger partial charge in [0.15, 0.2) is 0 Å². The number of carbonyl (C=O) groups excluding carboxylic acids is 1. The van der Waals surface area contributed by atoms with E-state index in [0.29, 0.717) is 5.75 Å². The normalized spacial score (nSPS) is 10.6. The summed E-state index contributed by atoms with van der Waals surface area (Å²) in [6.45, 7) is 2.18. The van der Waals surface area contributed by atoms with Gasteiger partial charge in [0, 0.05) is 9.26 Å². The van der Waals surface area contributed by atoms with Crippen LogP contribution in [0.1, 0.15) is 11.1 Å². The second kappa shape index (κ2) is 9.89.